The van der Waals surface area contributed by atoms with E-state index >= 15 is 0 Å². The predicted molar refractivity (Wildman–Crippen MR) is 110 cm³/mol. The van der Waals surface area contributed by atoms with Crippen LogP contribution in [0.1, 0.15) is 38.6 Å². The SMILES string of the molecule is Cc1cccc(Cc2nc3c(c(=O)[nH]2)CN(C(=O)c2ccc([N+](=O)[O-])cc2)CC3)c1. The smallest absolute Gasteiger partial charge is 0.269 e. The third kappa shape index (κ3) is 3.98. The third-order valence-corrected chi connectivity index (χ3v) is 5.18. The molecule has 0 spiro atoms. The minimum atomic E-state index is -0.509. The molecule has 0 aliphatic carbocycles. The van der Waals surface area contributed by atoms with Gasteiger partial charge >= 0.3 is 0 Å². The van der Waals surface area contributed by atoms with E-state index in [0.717, 1.165) is 11.1 Å². The largest absolute Gasteiger partial charge is 0.334 e. The molecule has 1 N–H and O–H groups in total. The minimum absolute atomic E-state index is 0.0719. The number of aryl methyl sites for hydroxylation is 1. The van der Waals surface area contributed by atoms with E-state index in [4.69, 9.17) is 0 Å². The first-order chi connectivity index (χ1) is 14.4. The second kappa shape index (κ2) is 7.90. The topological polar surface area (TPSA) is 109 Å². The van der Waals surface area contributed by atoms with E-state index in [1.54, 1.807) is 4.90 Å². The number of fused-ring (bicyclic) bond motifs is 1. The molecule has 152 valence electrons. The summed E-state index contributed by atoms with van der Waals surface area (Å²) < 4.78 is 0. The first kappa shape index (κ1) is 19.5. The number of hydrogen-bond acceptors (Lipinski definition) is 5. The number of nitro benzene ring substituents is 1. The molecule has 1 amide bonds. The molecule has 2 heterocycles. The molecule has 0 radical (unpaired) electrons. The van der Waals surface area contributed by atoms with Crippen molar-refractivity contribution in [3.8, 4) is 0 Å². The lowest BCUT2D eigenvalue weighted by molar-refractivity contribution is -0.384. The summed E-state index contributed by atoms with van der Waals surface area (Å²) >= 11 is 0. The summed E-state index contributed by atoms with van der Waals surface area (Å²) in [4.78, 5) is 44.7. The van der Waals surface area contributed by atoms with E-state index in [1.165, 1.54) is 24.3 Å². The van der Waals surface area contributed by atoms with Crippen LogP contribution in [-0.2, 0) is 19.4 Å². The molecular formula is C22H20N4O4. The molecule has 1 aliphatic heterocycles. The quantitative estimate of drug-likeness (QED) is 0.531. The standard InChI is InChI=1S/C22H20N4O4/c1-14-3-2-4-15(11-14)12-20-23-19-9-10-25(13-18(19)21(27)24-20)22(28)16-5-7-17(8-6-16)26(29)30/h2-8,11H,9-10,12-13H2,1H3,(H,23,24,27). The molecule has 1 aliphatic rings. The Balaban J connectivity index is 1.53. The van der Waals surface area contributed by atoms with Gasteiger partial charge in [0.15, 0.2) is 0 Å². The van der Waals surface area contributed by atoms with Crippen molar-refractivity contribution < 1.29 is 9.72 Å². The zero-order valence-electron chi connectivity index (χ0n) is 16.4. The van der Waals surface area contributed by atoms with Crippen molar-refractivity contribution in [1.82, 2.24) is 14.9 Å². The monoisotopic (exact) mass is 404 g/mol. The highest BCUT2D eigenvalue weighted by Crippen LogP contribution is 2.19. The van der Waals surface area contributed by atoms with Crippen LogP contribution in [0.4, 0.5) is 5.69 Å². The van der Waals surface area contributed by atoms with Gasteiger partial charge in [-0.15, -0.1) is 0 Å². The maximum Gasteiger partial charge on any atom is 0.269 e. The molecule has 3 aromatic rings. The second-order valence-corrected chi connectivity index (χ2v) is 7.38. The first-order valence-electron chi connectivity index (χ1n) is 9.61. The number of nitrogens with zero attached hydrogens (tertiary/aromatic N) is 3. The Bertz CT molecular complexity index is 1180. The Hall–Kier alpha value is -3.81. The summed E-state index contributed by atoms with van der Waals surface area (Å²) in [5.41, 5.74) is 3.47. The van der Waals surface area contributed by atoms with Gasteiger partial charge in [-0.1, -0.05) is 29.8 Å². The molecule has 30 heavy (non-hydrogen) atoms. The number of benzene rings is 2. The minimum Gasteiger partial charge on any atom is -0.334 e. The summed E-state index contributed by atoms with van der Waals surface area (Å²) in [5.74, 6) is 0.346. The molecule has 4 rings (SSSR count). The average molecular weight is 404 g/mol. The van der Waals surface area contributed by atoms with Crippen molar-refractivity contribution >= 4 is 11.6 Å². The van der Waals surface area contributed by atoms with Gasteiger partial charge in [-0.25, -0.2) is 4.98 Å². The lowest BCUT2D eigenvalue weighted by atomic mass is 10.0. The zero-order valence-corrected chi connectivity index (χ0v) is 16.4. The molecule has 8 heteroatoms. The van der Waals surface area contributed by atoms with E-state index in [1.807, 2.05) is 25.1 Å². The number of nitro groups is 1. The van der Waals surface area contributed by atoms with Gasteiger partial charge in [-0.05, 0) is 24.6 Å². The summed E-state index contributed by atoms with van der Waals surface area (Å²) in [6.07, 6.45) is 1.02. The number of rotatable bonds is 4. The van der Waals surface area contributed by atoms with Crippen LogP contribution in [-0.4, -0.2) is 32.2 Å². The fraction of sp³-hybridized carbons (Fsp3) is 0.227. The molecule has 0 unspecified atom stereocenters. The highest BCUT2D eigenvalue weighted by Gasteiger charge is 2.25. The van der Waals surface area contributed by atoms with Crippen molar-refractivity contribution in [1.29, 1.82) is 0 Å². The van der Waals surface area contributed by atoms with Crippen LogP contribution in [0.25, 0.3) is 0 Å². The number of aromatic amines is 1. The van der Waals surface area contributed by atoms with Crippen LogP contribution >= 0.6 is 0 Å². The van der Waals surface area contributed by atoms with E-state index in [2.05, 4.69) is 16.0 Å². The summed E-state index contributed by atoms with van der Waals surface area (Å²) in [6.45, 7) is 2.62. The van der Waals surface area contributed by atoms with Crippen molar-refractivity contribution in [2.45, 2.75) is 26.3 Å². The van der Waals surface area contributed by atoms with Gasteiger partial charge in [0, 0.05) is 37.1 Å². The highest BCUT2D eigenvalue weighted by molar-refractivity contribution is 5.94. The van der Waals surface area contributed by atoms with E-state index in [-0.39, 0.29) is 23.7 Å². The Morgan fingerprint density at radius 1 is 1.23 bits per heavy atom. The van der Waals surface area contributed by atoms with Crippen molar-refractivity contribution in [2.75, 3.05) is 6.54 Å². The third-order valence-electron chi connectivity index (χ3n) is 5.18. The normalized spacial score (nSPS) is 13.0. The average Bonchev–Trinajstić information content (AvgIpc) is 2.73. The highest BCUT2D eigenvalue weighted by atomic mass is 16.6. The lowest BCUT2D eigenvalue weighted by Gasteiger charge is -2.28. The van der Waals surface area contributed by atoms with E-state index in [0.29, 0.717) is 42.0 Å². The Kier molecular flexibility index (Phi) is 5.14. The summed E-state index contributed by atoms with van der Waals surface area (Å²) in [7, 11) is 0. The van der Waals surface area contributed by atoms with Crippen LogP contribution in [0, 0.1) is 17.0 Å². The Morgan fingerprint density at radius 3 is 2.70 bits per heavy atom. The van der Waals surface area contributed by atoms with Gasteiger partial charge in [-0.3, -0.25) is 19.7 Å². The molecule has 1 aromatic heterocycles. The van der Waals surface area contributed by atoms with Gasteiger partial charge in [0.1, 0.15) is 5.82 Å². The number of hydrogen-bond donors (Lipinski definition) is 1. The summed E-state index contributed by atoms with van der Waals surface area (Å²) in [5, 5.41) is 10.8. The number of carbonyl (C=O) groups excluding carboxylic acids is 1. The van der Waals surface area contributed by atoms with Crippen molar-refractivity contribution in [3.05, 3.63) is 103 Å². The maximum atomic E-state index is 12.8. The van der Waals surface area contributed by atoms with Crippen LogP contribution in [0.15, 0.2) is 53.3 Å². The Morgan fingerprint density at radius 2 is 2.00 bits per heavy atom. The van der Waals surface area contributed by atoms with Crippen LogP contribution in [0.2, 0.25) is 0 Å². The van der Waals surface area contributed by atoms with Crippen LogP contribution in [0.3, 0.4) is 0 Å². The second-order valence-electron chi connectivity index (χ2n) is 7.38. The van der Waals surface area contributed by atoms with E-state index in [9.17, 15) is 19.7 Å². The summed E-state index contributed by atoms with van der Waals surface area (Å²) in [6, 6.07) is 13.5. The first-order valence-corrected chi connectivity index (χ1v) is 9.61. The molecular weight excluding hydrogens is 384 g/mol. The predicted octanol–water partition coefficient (Wildman–Crippen LogP) is 2.78. The number of aromatic nitrogens is 2. The fourth-order valence-electron chi connectivity index (χ4n) is 3.66. The van der Waals surface area contributed by atoms with Gasteiger partial charge in [0.05, 0.1) is 22.7 Å². The number of amides is 1. The zero-order chi connectivity index (χ0) is 21.3. The van der Waals surface area contributed by atoms with Gasteiger partial charge < -0.3 is 9.88 Å². The molecule has 0 atom stereocenters. The fourth-order valence-corrected chi connectivity index (χ4v) is 3.66. The molecule has 0 saturated heterocycles. The number of non-ortho nitro benzene ring substituents is 1. The molecule has 0 fully saturated rings. The maximum absolute atomic E-state index is 12.8. The van der Waals surface area contributed by atoms with Crippen LogP contribution < -0.4 is 5.56 Å². The van der Waals surface area contributed by atoms with E-state index < -0.39 is 4.92 Å². The number of carbonyl (C=O) groups is 1. The lowest BCUT2D eigenvalue weighted by Crippen LogP contribution is -2.39. The number of H-pyrrole nitrogens is 1. The molecule has 0 bridgehead atoms. The van der Waals surface area contributed by atoms with Gasteiger partial charge in [0.2, 0.25) is 0 Å². The molecule has 2 aromatic carbocycles. The molecule has 8 nitrogen and oxygen atoms in total. The Labute approximate surface area is 172 Å². The van der Waals surface area contributed by atoms with Crippen molar-refractivity contribution in [3.63, 3.8) is 0 Å². The van der Waals surface area contributed by atoms with Crippen LogP contribution in [0.5, 0.6) is 0 Å². The van der Waals surface area contributed by atoms with Gasteiger partial charge in [-0.2, -0.15) is 0 Å². The van der Waals surface area contributed by atoms with Crippen molar-refractivity contribution in [2.24, 2.45) is 0 Å². The number of nitrogens with one attached hydrogen (secondary N) is 1. The molecule has 0 saturated carbocycles. The van der Waals surface area contributed by atoms with Gasteiger partial charge in [0.25, 0.3) is 17.2 Å².